The average Bonchev–Trinajstić information content (AvgIpc) is 2.56. The standard InChI is InChI=1S/C9H5Cl2NO/c10-7-1-2-8(11)9-6(7)3-4-12(9)5-13/h1-5H. The summed E-state index contributed by atoms with van der Waals surface area (Å²) in [5.41, 5.74) is 0.657. The first-order valence-electron chi connectivity index (χ1n) is 3.64. The van der Waals surface area contributed by atoms with Crippen LogP contribution in [0, 0.1) is 0 Å². The summed E-state index contributed by atoms with van der Waals surface area (Å²) in [7, 11) is 0. The Kier molecular flexibility index (Phi) is 2.02. The quantitative estimate of drug-likeness (QED) is 0.668. The van der Waals surface area contributed by atoms with Crippen LogP contribution in [0.2, 0.25) is 10.0 Å². The molecule has 0 unspecified atom stereocenters. The summed E-state index contributed by atoms with van der Waals surface area (Å²) in [5, 5.41) is 1.91. The van der Waals surface area contributed by atoms with Gasteiger partial charge < -0.3 is 0 Å². The normalized spacial score (nSPS) is 10.6. The molecule has 66 valence electrons. The maximum Gasteiger partial charge on any atom is 0.218 e. The van der Waals surface area contributed by atoms with Crippen LogP contribution >= 0.6 is 23.2 Å². The molecule has 0 saturated heterocycles. The van der Waals surface area contributed by atoms with Crippen molar-refractivity contribution in [2.24, 2.45) is 0 Å². The number of carbonyl (C=O) groups excluding carboxylic acids is 1. The molecule has 0 bridgehead atoms. The highest BCUT2D eigenvalue weighted by Crippen LogP contribution is 2.29. The van der Waals surface area contributed by atoms with Crippen LogP contribution in [0.25, 0.3) is 10.9 Å². The van der Waals surface area contributed by atoms with E-state index in [0.717, 1.165) is 5.39 Å². The van der Waals surface area contributed by atoms with Crippen LogP contribution in [-0.4, -0.2) is 11.0 Å². The molecular weight excluding hydrogens is 209 g/mol. The minimum absolute atomic E-state index is 0.525. The number of benzene rings is 1. The minimum Gasteiger partial charge on any atom is -0.288 e. The number of rotatable bonds is 1. The molecule has 0 aliphatic carbocycles. The van der Waals surface area contributed by atoms with Gasteiger partial charge in [-0.25, -0.2) is 0 Å². The van der Waals surface area contributed by atoms with Gasteiger partial charge in [-0.3, -0.25) is 9.36 Å². The zero-order chi connectivity index (χ0) is 9.42. The van der Waals surface area contributed by atoms with E-state index in [1.54, 1.807) is 24.4 Å². The third-order valence-electron chi connectivity index (χ3n) is 1.89. The summed E-state index contributed by atoms with van der Waals surface area (Å²) >= 11 is 11.8. The van der Waals surface area contributed by atoms with Gasteiger partial charge in [-0.1, -0.05) is 23.2 Å². The summed E-state index contributed by atoms with van der Waals surface area (Å²) in [5.74, 6) is 0. The molecule has 0 atom stereocenters. The van der Waals surface area contributed by atoms with Crippen LogP contribution < -0.4 is 0 Å². The number of hydrogen-bond donors (Lipinski definition) is 0. The molecule has 2 aromatic rings. The summed E-state index contributed by atoms with van der Waals surface area (Å²) in [6.45, 7) is 0. The Morgan fingerprint density at radius 2 is 1.85 bits per heavy atom. The Bertz CT molecular complexity index is 476. The summed E-state index contributed by atoms with van der Waals surface area (Å²) in [4.78, 5) is 10.6. The fraction of sp³-hybridized carbons (Fsp3) is 0. The molecule has 0 spiro atoms. The Morgan fingerprint density at radius 3 is 2.54 bits per heavy atom. The largest absolute Gasteiger partial charge is 0.288 e. The van der Waals surface area contributed by atoms with Gasteiger partial charge in [0.05, 0.1) is 15.6 Å². The molecule has 13 heavy (non-hydrogen) atoms. The third-order valence-corrected chi connectivity index (χ3v) is 2.52. The van der Waals surface area contributed by atoms with E-state index in [0.29, 0.717) is 22.0 Å². The fourth-order valence-corrected chi connectivity index (χ4v) is 1.77. The van der Waals surface area contributed by atoms with E-state index < -0.39 is 0 Å². The van der Waals surface area contributed by atoms with Crippen molar-refractivity contribution in [3.8, 4) is 0 Å². The molecule has 0 aliphatic heterocycles. The molecule has 0 fully saturated rings. The van der Waals surface area contributed by atoms with Gasteiger partial charge in [-0.05, 0) is 18.2 Å². The Labute approximate surface area is 84.7 Å². The molecule has 1 aromatic heterocycles. The lowest BCUT2D eigenvalue weighted by atomic mass is 10.2. The summed E-state index contributed by atoms with van der Waals surface area (Å²) in [6.07, 6.45) is 2.33. The predicted octanol–water partition coefficient (Wildman–Crippen LogP) is 2.99. The molecule has 4 heteroatoms. The van der Waals surface area contributed by atoms with Gasteiger partial charge in [0.2, 0.25) is 6.41 Å². The molecule has 1 heterocycles. The summed E-state index contributed by atoms with van der Waals surface area (Å²) < 4.78 is 1.41. The minimum atomic E-state index is 0.525. The van der Waals surface area contributed by atoms with Gasteiger partial charge in [0.15, 0.2) is 0 Å². The molecule has 0 aliphatic rings. The molecule has 0 radical (unpaired) electrons. The lowest BCUT2D eigenvalue weighted by Crippen LogP contribution is -1.91. The second kappa shape index (κ2) is 3.05. The van der Waals surface area contributed by atoms with Gasteiger partial charge in [-0.15, -0.1) is 0 Å². The number of fused-ring (bicyclic) bond motifs is 1. The van der Waals surface area contributed by atoms with E-state index in [1.807, 2.05) is 0 Å². The Morgan fingerprint density at radius 1 is 1.15 bits per heavy atom. The molecule has 2 nitrogen and oxygen atoms in total. The maximum absolute atomic E-state index is 10.6. The van der Waals surface area contributed by atoms with Crippen molar-refractivity contribution < 1.29 is 4.79 Å². The maximum atomic E-state index is 10.6. The second-order valence-electron chi connectivity index (χ2n) is 2.62. The van der Waals surface area contributed by atoms with Crippen molar-refractivity contribution in [2.75, 3.05) is 0 Å². The number of aromatic nitrogens is 1. The molecular formula is C9H5Cl2NO. The van der Waals surface area contributed by atoms with Crippen LogP contribution in [0.5, 0.6) is 0 Å². The molecule has 2 rings (SSSR count). The Balaban J connectivity index is 2.95. The van der Waals surface area contributed by atoms with Crippen molar-refractivity contribution >= 4 is 40.5 Å². The van der Waals surface area contributed by atoms with Crippen molar-refractivity contribution in [3.05, 3.63) is 34.4 Å². The SMILES string of the molecule is O=Cn1ccc2c(Cl)ccc(Cl)c21. The van der Waals surface area contributed by atoms with E-state index in [4.69, 9.17) is 23.2 Å². The van der Waals surface area contributed by atoms with Gasteiger partial charge >= 0.3 is 0 Å². The van der Waals surface area contributed by atoms with E-state index in [9.17, 15) is 4.79 Å². The number of carbonyl (C=O) groups is 1. The summed E-state index contributed by atoms with van der Waals surface area (Å²) in [6, 6.07) is 5.14. The van der Waals surface area contributed by atoms with Crippen LogP contribution in [0.4, 0.5) is 0 Å². The number of hydrogen-bond acceptors (Lipinski definition) is 1. The molecule has 0 amide bonds. The number of nitrogens with zero attached hydrogens (tertiary/aromatic N) is 1. The molecule has 0 N–H and O–H groups in total. The third kappa shape index (κ3) is 1.23. The lowest BCUT2D eigenvalue weighted by molar-refractivity contribution is 0.549. The van der Waals surface area contributed by atoms with Crippen molar-refractivity contribution in [2.45, 2.75) is 0 Å². The highest BCUT2D eigenvalue weighted by atomic mass is 35.5. The highest BCUT2D eigenvalue weighted by Gasteiger charge is 2.07. The first-order valence-corrected chi connectivity index (χ1v) is 4.39. The van der Waals surface area contributed by atoms with E-state index in [-0.39, 0.29) is 0 Å². The van der Waals surface area contributed by atoms with Crippen LogP contribution in [0.1, 0.15) is 0 Å². The molecule has 1 aromatic carbocycles. The first kappa shape index (κ1) is 8.60. The Hall–Kier alpha value is -0.990. The number of halogens is 2. The van der Waals surface area contributed by atoms with Crippen molar-refractivity contribution in [1.29, 1.82) is 0 Å². The topological polar surface area (TPSA) is 22.0 Å². The van der Waals surface area contributed by atoms with Crippen LogP contribution in [-0.2, 0) is 4.79 Å². The zero-order valence-electron chi connectivity index (χ0n) is 6.50. The van der Waals surface area contributed by atoms with Crippen LogP contribution in [0.3, 0.4) is 0 Å². The fourth-order valence-electron chi connectivity index (χ4n) is 1.29. The van der Waals surface area contributed by atoms with Gasteiger partial charge in [0, 0.05) is 11.6 Å². The van der Waals surface area contributed by atoms with Gasteiger partial charge in [0.25, 0.3) is 0 Å². The van der Waals surface area contributed by atoms with Crippen molar-refractivity contribution in [3.63, 3.8) is 0 Å². The highest BCUT2D eigenvalue weighted by molar-refractivity contribution is 6.40. The smallest absolute Gasteiger partial charge is 0.218 e. The van der Waals surface area contributed by atoms with Crippen molar-refractivity contribution in [1.82, 2.24) is 4.57 Å². The second-order valence-corrected chi connectivity index (χ2v) is 3.43. The van der Waals surface area contributed by atoms with Crippen LogP contribution in [0.15, 0.2) is 24.4 Å². The van der Waals surface area contributed by atoms with E-state index in [1.165, 1.54) is 4.57 Å². The van der Waals surface area contributed by atoms with E-state index >= 15 is 0 Å². The monoisotopic (exact) mass is 213 g/mol. The van der Waals surface area contributed by atoms with Gasteiger partial charge in [0.1, 0.15) is 0 Å². The average molecular weight is 214 g/mol. The lowest BCUT2D eigenvalue weighted by Gasteiger charge is -1.98. The predicted molar refractivity (Wildman–Crippen MR) is 54.1 cm³/mol. The molecule has 0 saturated carbocycles. The zero-order valence-corrected chi connectivity index (χ0v) is 8.01. The van der Waals surface area contributed by atoms with E-state index in [2.05, 4.69) is 0 Å². The first-order chi connectivity index (χ1) is 6.24. The van der Waals surface area contributed by atoms with Gasteiger partial charge in [-0.2, -0.15) is 0 Å².